The fourth-order valence-corrected chi connectivity index (χ4v) is 2.68. The first-order chi connectivity index (χ1) is 9.70. The summed E-state index contributed by atoms with van der Waals surface area (Å²) in [6.45, 7) is 3.32. The fraction of sp³-hybridized carbons (Fsp3) is 0.692. The second kappa shape index (κ2) is 7.75. The molecule has 0 unspecified atom stereocenters. The monoisotopic (exact) mass is 344 g/mol. The van der Waals surface area contributed by atoms with Crippen LogP contribution in [0.1, 0.15) is 18.9 Å². The summed E-state index contributed by atoms with van der Waals surface area (Å²) in [7, 11) is 1.65. The third-order valence-electron chi connectivity index (χ3n) is 3.52. The summed E-state index contributed by atoms with van der Waals surface area (Å²) in [6.07, 6.45) is 5.71. The van der Waals surface area contributed by atoms with E-state index < -0.39 is 0 Å². The van der Waals surface area contributed by atoms with Crippen molar-refractivity contribution in [2.75, 3.05) is 39.9 Å². The average Bonchev–Trinajstić information content (AvgIpc) is 2.90. The zero-order valence-corrected chi connectivity index (χ0v) is 13.3. The van der Waals surface area contributed by atoms with Gasteiger partial charge in [-0.3, -0.25) is 9.48 Å². The number of piperidine rings is 1. The SMILES string of the molecule is COCCNCC(=O)N1CCC(n2cc(Br)cn2)CC1. The maximum absolute atomic E-state index is 12.0. The Morgan fingerprint density at radius 1 is 1.55 bits per heavy atom. The van der Waals surface area contributed by atoms with Crippen LogP contribution in [0.25, 0.3) is 0 Å². The van der Waals surface area contributed by atoms with E-state index in [9.17, 15) is 4.79 Å². The van der Waals surface area contributed by atoms with Crippen LogP contribution in [0.3, 0.4) is 0 Å². The minimum absolute atomic E-state index is 0.168. The molecular formula is C13H21BrN4O2. The number of carbonyl (C=O) groups is 1. The van der Waals surface area contributed by atoms with E-state index in [1.165, 1.54) is 0 Å². The third-order valence-corrected chi connectivity index (χ3v) is 3.93. The molecule has 20 heavy (non-hydrogen) atoms. The standard InChI is InChI=1S/C13H21BrN4O2/c1-20-7-4-15-9-13(19)17-5-2-12(3-6-17)18-10-11(14)8-16-18/h8,10,12,15H,2-7,9H2,1H3. The predicted molar refractivity (Wildman–Crippen MR) is 79.5 cm³/mol. The van der Waals surface area contributed by atoms with Crippen molar-refractivity contribution in [3.8, 4) is 0 Å². The van der Waals surface area contributed by atoms with Gasteiger partial charge >= 0.3 is 0 Å². The van der Waals surface area contributed by atoms with Crippen LogP contribution in [0.5, 0.6) is 0 Å². The summed E-state index contributed by atoms with van der Waals surface area (Å²) in [6, 6.07) is 0.395. The molecule has 0 bridgehead atoms. The smallest absolute Gasteiger partial charge is 0.236 e. The first-order valence-corrected chi connectivity index (χ1v) is 7.67. The summed E-state index contributed by atoms with van der Waals surface area (Å²) >= 11 is 3.41. The molecule has 0 aromatic carbocycles. The zero-order chi connectivity index (χ0) is 14.4. The Balaban J connectivity index is 1.72. The second-order valence-electron chi connectivity index (χ2n) is 4.92. The molecule has 1 aliphatic rings. The number of nitrogens with zero attached hydrogens (tertiary/aromatic N) is 3. The van der Waals surface area contributed by atoms with E-state index in [0.29, 0.717) is 25.7 Å². The van der Waals surface area contributed by atoms with Crippen molar-refractivity contribution in [3.63, 3.8) is 0 Å². The van der Waals surface area contributed by atoms with Crippen molar-refractivity contribution in [2.24, 2.45) is 0 Å². The van der Waals surface area contributed by atoms with Crippen molar-refractivity contribution in [1.82, 2.24) is 20.0 Å². The van der Waals surface area contributed by atoms with Gasteiger partial charge in [-0.2, -0.15) is 5.10 Å². The summed E-state index contributed by atoms with van der Waals surface area (Å²) in [5.74, 6) is 0.168. The molecule has 1 fully saturated rings. The highest BCUT2D eigenvalue weighted by atomic mass is 79.9. The highest BCUT2D eigenvalue weighted by molar-refractivity contribution is 9.10. The number of nitrogens with one attached hydrogen (secondary N) is 1. The molecule has 1 saturated heterocycles. The van der Waals surface area contributed by atoms with Gasteiger partial charge in [0.05, 0.1) is 29.9 Å². The Bertz CT molecular complexity index is 430. The number of amides is 1. The average molecular weight is 345 g/mol. The maximum Gasteiger partial charge on any atom is 0.236 e. The summed E-state index contributed by atoms with van der Waals surface area (Å²) in [5.41, 5.74) is 0. The fourth-order valence-electron chi connectivity index (χ4n) is 2.38. The lowest BCUT2D eigenvalue weighted by molar-refractivity contribution is -0.131. The van der Waals surface area contributed by atoms with E-state index >= 15 is 0 Å². The molecule has 1 amide bonds. The Labute approximate surface area is 127 Å². The summed E-state index contributed by atoms with van der Waals surface area (Å²) in [5, 5.41) is 7.41. The van der Waals surface area contributed by atoms with Gasteiger partial charge in [-0.15, -0.1) is 0 Å². The quantitative estimate of drug-likeness (QED) is 0.783. The van der Waals surface area contributed by atoms with Crippen molar-refractivity contribution in [2.45, 2.75) is 18.9 Å². The molecule has 6 nitrogen and oxygen atoms in total. The number of halogens is 1. The number of likely N-dealkylation sites (tertiary alicyclic amines) is 1. The normalized spacial score (nSPS) is 16.6. The Morgan fingerprint density at radius 3 is 2.90 bits per heavy atom. The van der Waals surface area contributed by atoms with Crippen LogP contribution >= 0.6 is 15.9 Å². The van der Waals surface area contributed by atoms with Gasteiger partial charge in [0.15, 0.2) is 0 Å². The Morgan fingerprint density at radius 2 is 2.30 bits per heavy atom. The highest BCUT2D eigenvalue weighted by Crippen LogP contribution is 2.23. The lowest BCUT2D eigenvalue weighted by atomic mass is 10.1. The molecule has 0 aliphatic carbocycles. The van der Waals surface area contributed by atoms with Gasteiger partial charge in [0, 0.05) is 32.9 Å². The van der Waals surface area contributed by atoms with Crippen molar-refractivity contribution >= 4 is 21.8 Å². The molecule has 1 aliphatic heterocycles. The van der Waals surface area contributed by atoms with Crippen LogP contribution in [0.4, 0.5) is 0 Å². The van der Waals surface area contributed by atoms with E-state index in [0.717, 1.165) is 30.4 Å². The van der Waals surface area contributed by atoms with Crippen LogP contribution in [0.2, 0.25) is 0 Å². The van der Waals surface area contributed by atoms with Gasteiger partial charge in [-0.1, -0.05) is 0 Å². The predicted octanol–water partition coefficient (Wildman–Crippen LogP) is 1.05. The van der Waals surface area contributed by atoms with Gasteiger partial charge < -0.3 is 15.0 Å². The van der Waals surface area contributed by atoms with Gasteiger partial charge in [0.25, 0.3) is 0 Å². The molecule has 112 valence electrons. The molecule has 1 N–H and O–H groups in total. The van der Waals surface area contributed by atoms with E-state index in [1.807, 2.05) is 15.8 Å². The number of methoxy groups -OCH3 is 1. The van der Waals surface area contributed by atoms with Crippen LogP contribution in [-0.4, -0.2) is 60.5 Å². The van der Waals surface area contributed by atoms with E-state index in [-0.39, 0.29) is 5.91 Å². The summed E-state index contributed by atoms with van der Waals surface area (Å²) < 4.78 is 7.92. The molecule has 2 heterocycles. The van der Waals surface area contributed by atoms with Gasteiger partial charge in [0.1, 0.15) is 0 Å². The maximum atomic E-state index is 12.0. The molecule has 0 radical (unpaired) electrons. The zero-order valence-electron chi connectivity index (χ0n) is 11.7. The molecule has 7 heteroatoms. The Hall–Kier alpha value is -0.920. The first kappa shape index (κ1) is 15.5. The van der Waals surface area contributed by atoms with Crippen LogP contribution in [0.15, 0.2) is 16.9 Å². The minimum atomic E-state index is 0.168. The lowest BCUT2D eigenvalue weighted by Crippen LogP contribution is -2.43. The third kappa shape index (κ3) is 4.29. The largest absolute Gasteiger partial charge is 0.383 e. The molecule has 2 rings (SSSR count). The number of hydrogen-bond acceptors (Lipinski definition) is 4. The van der Waals surface area contributed by atoms with Crippen LogP contribution in [0, 0.1) is 0 Å². The van der Waals surface area contributed by atoms with Crippen LogP contribution < -0.4 is 5.32 Å². The number of hydrogen-bond donors (Lipinski definition) is 1. The topological polar surface area (TPSA) is 59.4 Å². The molecule has 0 saturated carbocycles. The van der Waals surface area contributed by atoms with E-state index in [4.69, 9.17) is 4.74 Å². The molecule has 0 spiro atoms. The highest BCUT2D eigenvalue weighted by Gasteiger charge is 2.23. The molecule has 1 aromatic heterocycles. The molecule has 0 atom stereocenters. The lowest BCUT2D eigenvalue weighted by Gasteiger charge is -2.32. The van der Waals surface area contributed by atoms with E-state index in [2.05, 4.69) is 26.3 Å². The first-order valence-electron chi connectivity index (χ1n) is 6.88. The molecular weight excluding hydrogens is 324 g/mol. The number of aromatic nitrogens is 2. The van der Waals surface area contributed by atoms with E-state index in [1.54, 1.807) is 13.3 Å². The van der Waals surface area contributed by atoms with Gasteiger partial charge in [-0.05, 0) is 28.8 Å². The van der Waals surface area contributed by atoms with Gasteiger partial charge in [0.2, 0.25) is 5.91 Å². The van der Waals surface area contributed by atoms with Crippen molar-refractivity contribution < 1.29 is 9.53 Å². The van der Waals surface area contributed by atoms with Crippen molar-refractivity contribution in [3.05, 3.63) is 16.9 Å². The summed E-state index contributed by atoms with van der Waals surface area (Å²) in [4.78, 5) is 13.9. The minimum Gasteiger partial charge on any atom is -0.383 e. The van der Waals surface area contributed by atoms with Crippen molar-refractivity contribution in [1.29, 1.82) is 0 Å². The Kier molecular flexibility index (Phi) is 6.00. The number of rotatable bonds is 6. The number of ether oxygens (including phenoxy) is 1. The number of carbonyl (C=O) groups excluding carboxylic acids is 1. The molecule has 1 aromatic rings. The van der Waals surface area contributed by atoms with Crippen LogP contribution in [-0.2, 0) is 9.53 Å². The van der Waals surface area contributed by atoms with Gasteiger partial charge in [-0.25, -0.2) is 0 Å². The second-order valence-corrected chi connectivity index (χ2v) is 5.84.